The average Bonchev–Trinajstić information content (AvgIpc) is 1.96. The van der Waals surface area contributed by atoms with Crippen molar-refractivity contribution in [2.75, 3.05) is 7.11 Å². The Morgan fingerprint density at radius 1 is 1.12 bits per heavy atom. The van der Waals surface area contributed by atoms with Crippen LogP contribution < -0.4 is 0 Å². The molecule has 0 fully saturated rings. The van der Waals surface area contributed by atoms with E-state index in [4.69, 9.17) is 5.11 Å². The molecule has 0 atom stereocenters. The molecule has 0 bridgehead atoms. The summed E-state index contributed by atoms with van der Waals surface area (Å²) in [6.45, 7) is 0. The second kappa shape index (κ2) is 7.23. The second-order valence-electron chi connectivity index (χ2n) is 1.15. The van der Waals surface area contributed by atoms with Gasteiger partial charge in [0.2, 0.25) is 0 Å². The van der Waals surface area contributed by atoms with Crippen LogP contribution in [-0.4, -0.2) is 39.5 Å². The first-order valence-corrected chi connectivity index (χ1v) is 7.63. The zero-order chi connectivity index (χ0) is 6.24. The quantitative estimate of drug-likeness (QED) is 0.633. The molecule has 1 heterocycles. The van der Waals surface area contributed by atoms with Crippen molar-refractivity contribution < 1.29 is 5.11 Å². The molecule has 1 aliphatic rings. The molecule has 0 aromatic rings. The number of allylic oxidation sites excluding steroid dienone is 3. The van der Waals surface area contributed by atoms with Crippen LogP contribution in [0.25, 0.3) is 0 Å². The Hall–Kier alpha value is 0.232. The van der Waals surface area contributed by atoms with E-state index in [-0.39, 0.29) is 23.7 Å². The predicted octanol–water partition coefficient (Wildman–Crippen LogP) is 0.185. The first-order chi connectivity index (χ1) is 4.00. The van der Waals surface area contributed by atoms with E-state index in [9.17, 15) is 0 Å². The summed E-state index contributed by atoms with van der Waals surface area (Å²) in [5.41, 5.74) is 0. The van der Waals surface area contributed by atoms with Crippen molar-refractivity contribution in [3.63, 3.8) is 0 Å². The Kier molecular flexibility index (Phi) is 7.44. The van der Waals surface area contributed by atoms with Gasteiger partial charge in [-0.3, -0.25) is 0 Å². The molecule has 8 heavy (non-hydrogen) atoms. The maximum absolute atomic E-state index is 7.00. The summed E-state index contributed by atoms with van der Waals surface area (Å²) < 4.78 is 4.67. The van der Waals surface area contributed by atoms with Crippen molar-refractivity contribution in [1.82, 2.24) is 0 Å². The van der Waals surface area contributed by atoms with E-state index in [1.54, 1.807) is 0 Å². The van der Waals surface area contributed by atoms with Crippen LogP contribution in [0.15, 0.2) is 21.9 Å². The molecule has 0 unspecified atom stereocenters. The molecule has 0 aromatic heterocycles. The normalized spacial score (nSPS) is 11.8. The molecule has 0 aromatic carbocycles. The van der Waals surface area contributed by atoms with Gasteiger partial charge in [-0.2, -0.15) is 0 Å². The molecule has 2 heteroatoms. The Bertz CT molecular complexity index is 77.9. The minimum atomic E-state index is -0.380. The number of hydrogen-bond acceptors (Lipinski definition) is 1. The van der Waals surface area contributed by atoms with Crippen LogP contribution in [0.4, 0.5) is 0 Å². The molecule has 0 amide bonds. The third kappa shape index (κ3) is 4.39. The van der Waals surface area contributed by atoms with Gasteiger partial charge in [-0.15, -0.1) is 0 Å². The van der Waals surface area contributed by atoms with Crippen LogP contribution in [0, 0.1) is 0 Å². The monoisotopic (exact) mass is 302 g/mol. The molecule has 0 saturated carbocycles. The largest absolute Gasteiger partial charge is 0.400 e. The van der Waals surface area contributed by atoms with Crippen molar-refractivity contribution in [2.45, 2.75) is 0 Å². The van der Waals surface area contributed by atoms with Crippen LogP contribution in [0.3, 0.4) is 0 Å². The van der Waals surface area contributed by atoms with Crippen LogP contribution in [0.2, 0.25) is 0 Å². The summed E-state index contributed by atoms with van der Waals surface area (Å²) in [4.78, 5) is 0. The van der Waals surface area contributed by atoms with Crippen molar-refractivity contribution in [3.05, 3.63) is 21.9 Å². The van der Waals surface area contributed by atoms with E-state index in [0.717, 1.165) is 7.11 Å². The number of aliphatic hydroxyl groups excluding tert-OH is 1. The van der Waals surface area contributed by atoms with E-state index in [1.165, 1.54) is 0 Å². The predicted molar refractivity (Wildman–Crippen MR) is 38.2 cm³/mol. The van der Waals surface area contributed by atoms with E-state index in [0.29, 0.717) is 0 Å². The molecular weight excluding hydrogens is 292 g/mol. The average molecular weight is 302 g/mol. The minimum Gasteiger partial charge on any atom is -0.400 e. The van der Waals surface area contributed by atoms with E-state index in [2.05, 4.69) is 25.4 Å². The zero-order valence-corrected chi connectivity index (χ0v) is 9.40. The second-order valence-corrected chi connectivity index (χ2v) is 5.64. The summed E-state index contributed by atoms with van der Waals surface area (Å²) in [6, 6.07) is 0. The fraction of sp³-hybridized carbons (Fsp3) is 0.167. The van der Waals surface area contributed by atoms with Gasteiger partial charge in [0.25, 0.3) is 0 Å². The van der Waals surface area contributed by atoms with Crippen molar-refractivity contribution >= 4 is 27.3 Å². The Morgan fingerprint density at radius 2 is 1.88 bits per heavy atom. The summed E-state index contributed by atoms with van der Waals surface area (Å²) in [5.74, 6) is 0. The Balaban J connectivity index is 0.000000222. The SMILES string of the molecule is C1=C[CH]=[Tl][CH]=C1.CO. The zero-order valence-electron chi connectivity index (χ0n) is 4.91. The summed E-state index contributed by atoms with van der Waals surface area (Å²) in [6.07, 6.45) is 6.38. The summed E-state index contributed by atoms with van der Waals surface area (Å²) in [5, 5.41) is 7.00. The van der Waals surface area contributed by atoms with Crippen molar-refractivity contribution in [1.29, 1.82) is 0 Å². The maximum atomic E-state index is 7.00. The molecular formula is C6H9OTl. The third-order valence-corrected chi connectivity index (χ3v) is 4.12. The van der Waals surface area contributed by atoms with Gasteiger partial charge < -0.3 is 5.11 Å². The summed E-state index contributed by atoms with van der Waals surface area (Å²) >= 11 is -0.380. The molecule has 0 spiro atoms. The fourth-order valence-corrected chi connectivity index (χ4v) is 2.88. The molecule has 1 N–H and O–H groups in total. The van der Waals surface area contributed by atoms with Crippen molar-refractivity contribution in [2.24, 2.45) is 0 Å². The van der Waals surface area contributed by atoms with Gasteiger partial charge in [-0.25, -0.2) is 0 Å². The third-order valence-electron chi connectivity index (χ3n) is 0.667. The minimum absolute atomic E-state index is 0.380. The first-order valence-electron chi connectivity index (χ1n) is 2.45. The molecule has 1 aliphatic heterocycles. The number of rotatable bonds is 0. The van der Waals surface area contributed by atoms with Gasteiger partial charge >= 0.3 is 49.2 Å². The van der Waals surface area contributed by atoms with Gasteiger partial charge in [0.1, 0.15) is 0 Å². The Morgan fingerprint density at radius 3 is 2.00 bits per heavy atom. The summed E-state index contributed by atoms with van der Waals surface area (Å²) in [7, 11) is 1.00. The smallest absolute Gasteiger partial charge is 0.0319 e. The molecule has 0 radical (unpaired) electrons. The van der Waals surface area contributed by atoms with Crippen molar-refractivity contribution in [3.8, 4) is 0 Å². The van der Waals surface area contributed by atoms with Gasteiger partial charge in [-0.05, 0) is 0 Å². The van der Waals surface area contributed by atoms with E-state index in [1.807, 2.05) is 0 Å². The molecule has 0 aliphatic carbocycles. The molecule has 1 rings (SSSR count). The first kappa shape index (κ1) is 8.23. The molecule has 1 nitrogen and oxygen atoms in total. The molecule has 42 valence electrons. The van der Waals surface area contributed by atoms with Crippen LogP contribution in [0.1, 0.15) is 0 Å². The standard InChI is InChI=1S/C5H5.CH4O.Tl/c1-3-5-4-2;1-2;/h1-5H;2H,1H3;. The van der Waals surface area contributed by atoms with E-state index >= 15 is 0 Å². The fourth-order valence-electron chi connectivity index (χ4n) is 0.385. The number of aliphatic hydroxyl groups is 1. The Labute approximate surface area is 61.4 Å². The molecule has 0 saturated heterocycles. The van der Waals surface area contributed by atoms with E-state index < -0.39 is 0 Å². The van der Waals surface area contributed by atoms with Crippen LogP contribution in [-0.2, 0) is 0 Å². The van der Waals surface area contributed by atoms with Gasteiger partial charge in [0.15, 0.2) is 0 Å². The van der Waals surface area contributed by atoms with Crippen LogP contribution in [0.5, 0.6) is 0 Å². The van der Waals surface area contributed by atoms with Crippen LogP contribution >= 0.6 is 0 Å². The topological polar surface area (TPSA) is 20.2 Å². The van der Waals surface area contributed by atoms with Gasteiger partial charge in [0.05, 0.1) is 0 Å². The maximum Gasteiger partial charge on any atom is 0.0319 e. The van der Waals surface area contributed by atoms with Gasteiger partial charge in [-0.1, -0.05) is 0 Å². The number of hydrogen-bond donors (Lipinski definition) is 1. The van der Waals surface area contributed by atoms with Gasteiger partial charge in [0, 0.05) is 7.11 Å².